The Morgan fingerprint density at radius 2 is 0.738 bits per heavy atom. The van der Waals surface area contributed by atoms with Crippen LogP contribution in [-0.4, -0.2) is 8.07 Å². The molecule has 0 spiro atoms. The van der Waals surface area contributed by atoms with Crippen LogP contribution >= 0.6 is 0 Å². The fourth-order valence-corrected chi connectivity index (χ4v) is 20.3. The molecule has 0 saturated carbocycles. The molecule has 1 atom stereocenters. The van der Waals surface area contributed by atoms with Crippen molar-refractivity contribution in [3.63, 3.8) is 0 Å². The van der Waals surface area contributed by atoms with E-state index in [0.717, 1.165) is 28.2 Å². The summed E-state index contributed by atoms with van der Waals surface area (Å²) in [5.74, 6) is 0. The monoisotopic (exact) mass is 1090 g/mol. The molecule has 0 radical (unpaired) electrons. The molecule has 2 heteroatoms. The molecule has 1 aliphatic heterocycles. The molecule has 13 aromatic rings. The number of anilines is 3. The summed E-state index contributed by atoms with van der Waals surface area (Å²) in [5.41, 5.74) is 25.4. The third-order valence-corrected chi connectivity index (χ3v) is 23.6. The van der Waals surface area contributed by atoms with E-state index in [1.165, 1.54) is 110 Å². The van der Waals surface area contributed by atoms with Gasteiger partial charge in [-0.25, -0.2) is 0 Å². The summed E-state index contributed by atoms with van der Waals surface area (Å²) < 4.78 is 0. The van der Waals surface area contributed by atoms with Crippen molar-refractivity contribution >= 4 is 45.9 Å². The van der Waals surface area contributed by atoms with E-state index in [2.05, 4.69) is 340 Å². The minimum Gasteiger partial charge on any atom is -0.310 e. The summed E-state index contributed by atoms with van der Waals surface area (Å²) in [6.07, 6.45) is 0. The van der Waals surface area contributed by atoms with Crippen LogP contribution in [0.5, 0.6) is 0 Å². The Bertz CT molecular complexity index is 4570. The Kier molecular flexibility index (Phi) is 11.5. The highest BCUT2D eigenvalue weighted by Gasteiger charge is 2.51. The van der Waals surface area contributed by atoms with Crippen LogP contribution in [-0.2, 0) is 10.8 Å². The lowest BCUT2D eigenvalue weighted by Gasteiger charge is -2.35. The molecule has 1 heterocycles. The number of benzene rings is 13. The highest BCUT2D eigenvalue weighted by molar-refractivity contribution is 7.22. The Morgan fingerprint density at radius 3 is 1.38 bits per heavy atom. The molecule has 3 aliphatic rings. The largest absolute Gasteiger partial charge is 0.310 e. The molecule has 1 nitrogen and oxygen atoms in total. The second-order valence-corrected chi connectivity index (χ2v) is 27.2. The van der Waals surface area contributed by atoms with E-state index in [1.807, 2.05) is 0 Å². The van der Waals surface area contributed by atoms with Gasteiger partial charge in [0.15, 0.2) is 8.07 Å². The molecule has 0 bridgehead atoms. The molecule has 0 amide bonds. The second kappa shape index (κ2) is 19.5. The van der Waals surface area contributed by atoms with Gasteiger partial charge in [0.2, 0.25) is 0 Å². The maximum absolute atomic E-state index is 2.88. The molecule has 2 aliphatic carbocycles. The minimum absolute atomic E-state index is 0.131. The number of nitrogens with zero attached hydrogens (tertiary/aromatic N) is 1. The number of hydrogen-bond donors (Lipinski definition) is 0. The van der Waals surface area contributed by atoms with Crippen molar-refractivity contribution in [1.29, 1.82) is 0 Å². The summed E-state index contributed by atoms with van der Waals surface area (Å²) in [6, 6.07) is 121. The molecule has 396 valence electrons. The van der Waals surface area contributed by atoms with Crippen molar-refractivity contribution in [3.8, 4) is 66.8 Å². The van der Waals surface area contributed by atoms with Gasteiger partial charge in [-0.2, -0.15) is 0 Å². The Labute approximate surface area is 494 Å². The van der Waals surface area contributed by atoms with Crippen LogP contribution < -0.4 is 25.6 Å². The molecule has 13 aromatic carbocycles. The molecule has 0 saturated heterocycles. The first-order chi connectivity index (χ1) is 41.4. The highest BCUT2D eigenvalue weighted by atomic mass is 28.3. The first-order valence-corrected chi connectivity index (χ1v) is 31.5. The SMILES string of the molecule is CC1(C)c2ccccc2-c2cc3c(cc21)[Si](c1ccccc1)(c1cccc(-c2ccc(N(c4cc(-c5ccccc5)cc(-c5ccccc5)c4)c4ccc5c(c4)C(c4ccccc4)(c4ccccc4)c4ccccc4-5)cc2)c1)c1ccccc1-3. The molecule has 1 unspecified atom stereocenters. The summed E-state index contributed by atoms with van der Waals surface area (Å²) >= 11 is 0. The van der Waals surface area contributed by atoms with Crippen molar-refractivity contribution in [2.45, 2.75) is 24.7 Å². The summed E-state index contributed by atoms with van der Waals surface area (Å²) in [5, 5.41) is 5.73. The fourth-order valence-electron chi connectivity index (χ4n) is 15.0. The summed E-state index contributed by atoms with van der Waals surface area (Å²) in [7, 11) is -2.88. The van der Waals surface area contributed by atoms with Gasteiger partial charge in [0.05, 0.1) is 5.41 Å². The van der Waals surface area contributed by atoms with Gasteiger partial charge in [0, 0.05) is 22.5 Å². The van der Waals surface area contributed by atoms with Gasteiger partial charge in [-0.3, -0.25) is 0 Å². The van der Waals surface area contributed by atoms with Crippen LogP contribution in [0.25, 0.3) is 66.8 Å². The lowest BCUT2D eigenvalue weighted by molar-refractivity contribution is 0.661. The fraction of sp³-hybridized carbons (Fsp3) is 0.0488. The van der Waals surface area contributed by atoms with Crippen LogP contribution in [0.3, 0.4) is 0 Å². The second-order valence-electron chi connectivity index (χ2n) is 23.5. The van der Waals surface area contributed by atoms with Crippen molar-refractivity contribution in [2.75, 3.05) is 4.90 Å². The van der Waals surface area contributed by atoms with Gasteiger partial charge in [-0.15, -0.1) is 0 Å². The summed E-state index contributed by atoms with van der Waals surface area (Å²) in [4.78, 5) is 2.49. The van der Waals surface area contributed by atoms with Gasteiger partial charge in [0.1, 0.15) is 0 Å². The maximum atomic E-state index is 2.64. The van der Waals surface area contributed by atoms with Gasteiger partial charge < -0.3 is 4.90 Å². The maximum Gasteiger partial charge on any atom is 0.180 e. The van der Waals surface area contributed by atoms with E-state index in [0.29, 0.717) is 0 Å². The standard InChI is InChI=1S/C82H59NSi/c1-81(2)75-40-21-18-38-70(75)73-54-74-72-39-20-23-42-79(72)84(80(74)55-77(73)81,67-34-16-7-17-35-67)68-36-24-29-59(52-68)58-43-45-64(46-44-58)83(66-50-60(56-25-8-3-9-26-56)49-61(51-66)57-27-10-4-11-28-57)65-47-48-71-69-37-19-22-41-76(69)82(78(71)53-65,62-30-12-5-13-31-62)63-32-14-6-15-33-63/h3-55H,1-2H3. The number of rotatable bonds is 10. The average molecular weight is 1090 g/mol. The quantitative estimate of drug-likeness (QED) is 0.123. The minimum atomic E-state index is -2.88. The van der Waals surface area contributed by atoms with E-state index >= 15 is 0 Å². The third-order valence-electron chi connectivity index (χ3n) is 18.8. The molecule has 0 aromatic heterocycles. The Balaban J connectivity index is 0.886. The molecule has 16 rings (SSSR count). The number of fused-ring (bicyclic) bond motifs is 9. The van der Waals surface area contributed by atoms with Crippen LogP contribution in [0.2, 0.25) is 0 Å². The predicted molar refractivity (Wildman–Crippen MR) is 355 cm³/mol. The molecule has 0 N–H and O–H groups in total. The van der Waals surface area contributed by atoms with Gasteiger partial charge >= 0.3 is 0 Å². The Hall–Kier alpha value is -10.1. The predicted octanol–water partition coefficient (Wildman–Crippen LogP) is 18.2. The van der Waals surface area contributed by atoms with Crippen molar-refractivity contribution in [2.24, 2.45) is 0 Å². The summed E-state index contributed by atoms with van der Waals surface area (Å²) in [6.45, 7) is 4.83. The lowest BCUT2D eigenvalue weighted by Crippen LogP contribution is -2.72. The van der Waals surface area contributed by atoms with Gasteiger partial charge in [-0.05, 0) is 169 Å². The van der Waals surface area contributed by atoms with Crippen molar-refractivity contribution in [1.82, 2.24) is 0 Å². The van der Waals surface area contributed by atoms with Crippen molar-refractivity contribution < 1.29 is 0 Å². The zero-order chi connectivity index (χ0) is 56.0. The normalized spacial score (nSPS) is 15.3. The number of hydrogen-bond acceptors (Lipinski definition) is 1. The van der Waals surface area contributed by atoms with E-state index in [9.17, 15) is 0 Å². The van der Waals surface area contributed by atoms with Crippen LogP contribution in [0.15, 0.2) is 322 Å². The van der Waals surface area contributed by atoms with Crippen LogP contribution in [0.4, 0.5) is 17.1 Å². The van der Waals surface area contributed by atoms with Crippen molar-refractivity contribution in [3.05, 3.63) is 355 Å². The first-order valence-electron chi connectivity index (χ1n) is 29.5. The van der Waals surface area contributed by atoms with Crippen LogP contribution in [0, 0.1) is 0 Å². The zero-order valence-electron chi connectivity index (χ0n) is 47.0. The average Bonchev–Trinajstić information content (AvgIpc) is 1.87. The molecular weight excluding hydrogens is 1030 g/mol. The molecular formula is C82H59NSi. The van der Waals surface area contributed by atoms with Crippen LogP contribution in [0.1, 0.15) is 47.2 Å². The van der Waals surface area contributed by atoms with E-state index in [-0.39, 0.29) is 5.41 Å². The Morgan fingerprint density at radius 1 is 0.250 bits per heavy atom. The zero-order valence-corrected chi connectivity index (χ0v) is 48.0. The van der Waals surface area contributed by atoms with E-state index in [1.54, 1.807) is 0 Å². The van der Waals surface area contributed by atoms with E-state index < -0.39 is 13.5 Å². The molecule has 84 heavy (non-hydrogen) atoms. The first kappa shape index (κ1) is 49.7. The topological polar surface area (TPSA) is 3.24 Å². The smallest absolute Gasteiger partial charge is 0.180 e. The van der Waals surface area contributed by atoms with Gasteiger partial charge in [0.25, 0.3) is 0 Å². The van der Waals surface area contributed by atoms with Gasteiger partial charge in [-0.1, -0.05) is 287 Å². The third kappa shape index (κ3) is 7.47. The van der Waals surface area contributed by atoms with E-state index in [4.69, 9.17) is 0 Å². The lowest BCUT2D eigenvalue weighted by atomic mass is 9.67. The molecule has 0 fully saturated rings. The highest BCUT2D eigenvalue weighted by Crippen LogP contribution is 2.58.